The second-order valence-corrected chi connectivity index (χ2v) is 8.07. The number of anilines is 1. The van der Waals surface area contributed by atoms with Crippen molar-refractivity contribution in [3.8, 4) is 11.1 Å². The van der Waals surface area contributed by atoms with Crippen LogP contribution in [-0.4, -0.2) is 16.1 Å². The number of carboxylic acids is 1. The van der Waals surface area contributed by atoms with Crippen LogP contribution in [0.3, 0.4) is 0 Å². The van der Waals surface area contributed by atoms with Gasteiger partial charge >= 0.3 is 5.97 Å². The Labute approximate surface area is 189 Å². The van der Waals surface area contributed by atoms with E-state index in [0.717, 1.165) is 39.2 Å². The summed E-state index contributed by atoms with van der Waals surface area (Å²) >= 11 is 0. The number of fused-ring (bicyclic) bond motifs is 3. The van der Waals surface area contributed by atoms with Gasteiger partial charge in [0.1, 0.15) is 22.5 Å². The molecule has 5 nitrogen and oxygen atoms in total. The summed E-state index contributed by atoms with van der Waals surface area (Å²) < 4.78 is 20.6. The van der Waals surface area contributed by atoms with E-state index < -0.39 is 11.8 Å². The first-order valence-corrected chi connectivity index (χ1v) is 10.6. The number of rotatable bonds is 5. The van der Waals surface area contributed by atoms with Gasteiger partial charge in [-0.05, 0) is 49.2 Å². The van der Waals surface area contributed by atoms with Crippen molar-refractivity contribution in [2.45, 2.75) is 19.9 Å². The molecule has 5 aromatic rings. The smallest absolute Gasteiger partial charge is 0.340 e. The second-order valence-electron chi connectivity index (χ2n) is 8.07. The molecule has 2 aromatic heterocycles. The number of carbonyl (C=O) groups is 1. The fourth-order valence-corrected chi connectivity index (χ4v) is 4.28. The zero-order chi connectivity index (χ0) is 23.1. The Morgan fingerprint density at radius 3 is 2.61 bits per heavy atom. The maximum Gasteiger partial charge on any atom is 0.340 e. The lowest BCUT2D eigenvalue weighted by atomic mass is 10.0. The second kappa shape index (κ2) is 8.06. The van der Waals surface area contributed by atoms with Crippen LogP contribution in [0.2, 0.25) is 0 Å². The van der Waals surface area contributed by atoms with Gasteiger partial charge in [0.2, 0.25) is 0 Å². The predicted octanol–water partition coefficient (Wildman–Crippen LogP) is 6.97. The highest BCUT2D eigenvalue weighted by molar-refractivity contribution is 6.08. The lowest BCUT2D eigenvalue weighted by Crippen LogP contribution is -2.12. The van der Waals surface area contributed by atoms with Crippen LogP contribution in [-0.2, 0) is 0 Å². The minimum atomic E-state index is -1.32. The monoisotopic (exact) mass is 440 g/mol. The number of aromatic carboxylic acids is 1. The number of aryl methyl sites for hydroxylation is 1. The molecule has 0 amide bonds. The first-order valence-electron chi connectivity index (χ1n) is 10.6. The van der Waals surface area contributed by atoms with Gasteiger partial charge in [-0.3, -0.25) is 4.98 Å². The van der Waals surface area contributed by atoms with Gasteiger partial charge in [0.25, 0.3) is 0 Å². The van der Waals surface area contributed by atoms with Crippen LogP contribution in [0, 0.1) is 12.7 Å². The standard InChI is InChI=1S/C27H21FN2O3/c1-15-13-19(16(2)30-22-10-6-9-21(28)23(22)27(31)32)25-20(14-15)24-26(33-25)18(11-12-29-24)17-7-4-3-5-8-17/h3-14,16,30H,1-2H3,(H,31,32)/t16-/m1/s1. The summed E-state index contributed by atoms with van der Waals surface area (Å²) in [7, 11) is 0. The molecule has 0 aliphatic rings. The summed E-state index contributed by atoms with van der Waals surface area (Å²) in [6, 6.07) is 19.7. The van der Waals surface area contributed by atoms with Crippen LogP contribution >= 0.6 is 0 Å². The summed E-state index contributed by atoms with van der Waals surface area (Å²) in [5, 5.41) is 13.5. The average Bonchev–Trinajstić information content (AvgIpc) is 3.17. The average molecular weight is 440 g/mol. The largest absolute Gasteiger partial charge is 0.478 e. The molecule has 6 heteroatoms. The number of furan rings is 1. The van der Waals surface area contributed by atoms with E-state index in [1.807, 2.05) is 62.4 Å². The highest BCUT2D eigenvalue weighted by Gasteiger charge is 2.22. The predicted molar refractivity (Wildman–Crippen MR) is 127 cm³/mol. The normalized spacial score (nSPS) is 12.2. The Morgan fingerprint density at radius 1 is 1.06 bits per heavy atom. The molecule has 164 valence electrons. The van der Waals surface area contributed by atoms with Gasteiger partial charge in [0.15, 0.2) is 5.58 Å². The molecule has 0 spiro atoms. The molecule has 0 radical (unpaired) electrons. The summed E-state index contributed by atoms with van der Waals surface area (Å²) in [6.45, 7) is 3.88. The van der Waals surface area contributed by atoms with Gasteiger partial charge in [-0.15, -0.1) is 0 Å². The minimum absolute atomic E-state index is 0.212. The highest BCUT2D eigenvalue weighted by atomic mass is 19.1. The molecule has 0 fully saturated rings. The highest BCUT2D eigenvalue weighted by Crippen LogP contribution is 2.38. The Morgan fingerprint density at radius 2 is 1.85 bits per heavy atom. The molecule has 0 aliphatic heterocycles. The lowest BCUT2D eigenvalue weighted by molar-refractivity contribution is 0.0693. The van der Waals surface area contributed by atoms with E-state index in [-0.39, 0.29) is 17.3 Å². The number of halogens is 1. The third kappa shape index (κ3) is 3.59. The van der Waals surface area contributed by atoms with Crippen molar-refractivity contribution >= 4 is 33.7 Å². The van der Waals surface area contributed by atoms with E-state index in [0.29, 0.717) is 11.2 Å². The molecular formula is C27H21FN2O3. The number of carboxylic acid groups (broad SMARTS) is 1. The SMILES string of the molecule is Cc1cc([C@@H](C)Nc2cccc(F)c2C(=O)O)c2oc3c(-c4ccccc4)ccnc3c2c1. The molecule has 0 unspecified atom stereocenters. The van der Waals surface area contributed by atoms with Crippen molar-refractivity contribution in [1.29, 1.82) is 0 Å². The molecule has 1 atom stereocenters. The van der Waals surface area contributed by atoms with Crippen molar-refractivity contribution < 1.29 is 18.7 Å². The van der Waals surface area contributed by atoms with E-state index in [2.05, 4.69) is 10.3 Å². The third-order valence-corrected chi connectivity index (χ3v) is 5.78. The quantitative estimate of drug-likeness (QED) is 0.309. The zero-order valence-corrected chi connectivity index (χ0v) is 18.1. The van der Waals surface area contributed by atoms with Crippen molar-refractivity contribution in [1.82, 2.24) is 4.98 Å². The maximum absolute atomic E-state index is 14.2. The molecular weight excluding hydrogens is 419 g/mol. The van der Waals surface area contributed by atoms with Gasteiger partial charge in [-0.2, -0.15) is 0 Å². The minimum Gasteiger partial charge on any atom is -0.478 e. The van der Waals surface area contributed by atoms with E-state index in [1.54, 1.807) is 12.3 Å². The summed E-state index contributed by atoms with van der Waals surface area (Å²) in [5.74, 6) is -2.10. The third-order valence-electron chi connectivity index (χ3n) is 5.78. The number of pyridine rings is 1. The van der Waals surface area contributed by atoms with Crippen LogP contribution in [0.25, 0.3) is 33.2 Å². The Hall–Kier alpha value is -4.19. The van der Waals surface area contributed by atoms with Crippen LogP contribution in [0.15, 0.2) is 77.3 Å². The fraction of sp³-hybridized carbons (Fsp3) is 0.111. The molecule has 0 aliphatic carbocycles. The van der Waals surface area contributed by atoms with Crippen molar-refractivity contribution in [2.24, 2.45) is 0 Å². The first kappa shape index (κ1) is 20.7. The lowest BCUT2D eigenvalue weighted by Gasteiger charge is -2.18. The van der Waals surface area contributed by atoms with E-state index in [1.165, 1.54) is 6.07 Å². The molecule has 0 saturated heterocycles. The van der Waals surface area contributed by atoms with Crippen LogP contribution in [0.1, 0.15) is 34.5 Å². The number of nitrogens with one attached hydrogen (secondary N) is 1. The number of hydrogen-bond acceptors (Lipinski definition) is 4. The number of benzene rings is 3. The zero-order valence-electron chi connectivity index (χ0n) is 18.1. The van der Waals surface area contributed by atoms with E-state index >= 15 is 0 Å². The molecule has 2 N–H and O–H groups in total. The van der Waals surface area contributed by atoms with Gasteiger partial charge in [-0.1, -0.05) is 42.5 Å². The van der Waals surface area contributed by atoms with Gasteiger partial charge in [-0.25, -0.2) is 9.18 Å². The molecule has 0 saturated carbocycles. The molecule has 5 rings (SSSR count). The van der Waals surface area contributed by atoms with Gasteiger partial charge in [0.05, 0.1) is 11.7 Å². The fourth-order valence-electron chi connectivity index (χ4n) is 4.28. The summed E-state index contributed by atoms with van der Waals surface area (Å²) in [4.78, 5) is 16.2. The van der Waals surface area contributed by atoms with Crippen molar-refractivity contribution in [3.63, 3.8) is 0 Å². The Balaban J connectivity index is 1.67. The number of aromatic nitrogens is 1. The van der Waals surface area contributed by atoms with Gasteiger partial charge < -0.3 is 14.8 Å². The van der Waals surface area contributed by atoms with Crippen LogP contribution in [0.4, 0.5) is 10.1 Å². The first-order chi connectivity index (χ1) is 15.9. The molecule has 33 heavy (non-hydrogen) atoms. The number of hydrogen-bond donors (Lipinski definition) is 2. The Kier molecular flexibility index (Phi) is 5.05. The maximum atomic E-state index is 14.2. The van der Waals surface area contributed by atoms with Crippen molar-refractivity contribution in [2.75, 3.05) is 5.32 Å². The molecule has 0 bridgehead atoms. The van der Waals surface area contributed by atoms with Crippen molar-refractivity contribution in [3.05, 3.63) is 95.4 Å². The van der Waals surface area contributed by atoms with Crippen LogP contribution in [0.5, 0.6) is 0 Å². The number of nitrogens with zero attached hydrogens (tertiary/aromatic N) is 1. The van der Waals surface area contributed by atoms with Crippen LogP contribution < -0.4 is 5.32 Å². The molecule has 2 heterocycles. The van der Waals surface area contributed by atoms with Gasteiger partial charge in [0, 0.05) is 22.7 Å². The summed E-state index contributed by atoms with van der Waals surface area (Å²) in [6.07, 6.45) is 1.77. The Bertz CT molecular complexity index is 1510. The molecule has 3 aromatic carbocycles. The summed E-state index contributed by atoms with van der Waals surface area (Å²) in [5.41, 5.74) is 5.77. The topological polar surface area (TPSA) is 75.4 Å². The van der Waals surface area contributed by atoms with E-state index in [9.17, 15) is 14.3 Å². The van der Waals surface area contributed by atoms with E-state index in [4.69, 9.17) is 4.42 Å².